The molecule has 1 amide bonds. The molecule has 1 N–H and O–H groups in total. The molecule has 0 bridgehead atoms. The fourth-order valence-corrected chi connectivity index (χ4v) is 3.49. The van der Waals surface area contributed by atoms with E-state index in [9.17, 15) is 4.79 Å². The molecular weight excluding hydrogens is 427 g/mol. The Labute approximate surface area is 143 Å². The topological polar surface area (TPSA) is 60.5 Å². The van der Waals surface area contributed by atoms with Crippen molar-refractivity contribution >= 4 is 57.1 Å². The third-order valence-corrected chi connectivity index (χ3v) is 4.75. The van der Waals surface area contributed by atoms with Crippen LogP contribution in [-0.2, 0) is 9.47 Å². The van der Waals surface area contributed by atoms with Gasteiger partial charge in [-0.25, -0.2) is 4.98 Å². The average Bonchev–Trinajstić information content (AvgIpc) is 3.10. The van der Waals surface area contributed by atoms with Crippen LogP contribution in [0.4, 0.5) is 5.69 Å². The number of carbonyl (C=O) groups is 1. The molecule has 110 valence electrons. The van der Waals surface area contributed by atoms with Crippen LogP contribution >= 0.6 is 45.5 Å². The van der Waals surface area contributed by atoms with E-state index in [0.717, 1.165) is 3.57 Å². The lowest BCUT2D eigenvalue weighted by molar-refractivity contribution is -0.0442. The summed E-state index contributed by atoms with van der Waals surface area (Å²) in [6.45, 7) is 1.09. The Kier molecular flexibility index (Phi) is 4.75. The maximum Gasteiger partial charge on any atom is 0.267 e. The molecule has 2 heterocycles. The highest BCUT2D eigenvalue weighted by Crippen LogP contribution is 2.29. The van der Waals surface area contributed by atoms with Gasteiger partial charge in [-0.15, -0.1) is 11.3 Å². The molecular formula is C13H10ClIN2O3S. The van der Waals surface area contributed by atoms with Crippen LogP contribution in [0.3, 0.4) is 0 Å². The molecule has 0 unspecified atom stereocenters. The Balaban J connectivity index is 1.73. The van der Waals surface area contributed by atoms with Gasteiger partial charge < -0.3 is 14.8 Å². The second-order valence-corrected chi connectivity index (χ2v) is 6.93. The van der Waals surface area contributed by atoms with E-state index < -0.39 is 6.29 Å². The number of nitrogens with one attached hydrogen (secondary N) is 1. The van der Waals surface area contributed by atoms with E-state index in [1.54, 1.807) is 12.1 Å². The van der Waals surface area contributed by atoms with Crippen molar-refractivity contribution in [1.29, 1.82) is 0 Å². The predicted octanol–water partition coefficient (Wildman–Crippen LogP) is 3.70. The highest BCUT2D eigenvalue weighted by atomic mass is 127. The normalized spacial score (nSPS) is 15.3. The summed E-state index contributed by atoms with van der Waals surface area (Å²) in [7, 11) is 0. The summed E-state index contributed by atoms with van der Waals surface area (Å²) >= 11 is 9.51. The Hall–Kier alpha value is -0.740. The number of hydrogen-bond donors (Lipinski definition) is 1. The first-order chi connectivity index (χ1) is 10.1. The lowest BCUT2D eigenvalue weighted by Gasteiger charge is -2.06. The molecule has 0 saturated carbocycles. The molecule has 1 aromatic heterocycles. The minimum atomic E-state index is -0.460. The zero-order valence-electron chi connectivity index (χ0n) is 10.6. The van der Waals surface area contributed by atoms with Crippen LogP contribution < -0.4 is 5.32 Å². The van der Waals surface area contributed by atoms with Crippen LogP contribution in [0.5, 0.6) is 0 Å². The van der Waals surface area contributed by atoms with E-state index in [-0.39, 0.29) is 5.91 Å². The van der Waals surface area contributed by atoms with E-state index >= 15 is 0 Å². The number of aromatic nitrogens is 1. The van der Waals surface area contributed by atoms with Gasteiger partial charge in [-0.05, 0) is 40.8 Å². The Morgan fingerprint density at radius 2 is 2.19 bits per heavy atom. The third-order valence-electron chi connectivity index (χ3n) is 2.75. The molecule has 1 aliphatic rings. The zero-order chi connectivity index (χ0) is 14.8. The van der Waals surface area contributed by atoms with Crippen LogP contribution in [0.25, 0.3) is 0 Å². The van der Waals surface area contributed by atoms with Crippen LogP contribution in [0.15, 0.2) is 24.4 Å². The van der Waals surface area contributed by atoms with Gasteiger partial charge in [0.25, 0.3) is 5.91 Å². The van der Waals surface area contributed by atoms with Crippen LogP contribution in [-0.4, -0.2) is 24.1 Å². The van der Waals surface area contributed by atoms with Crippen molar-refractivity contribution in [3.05, 3.63) is 42.9 Å². The molecule has 1 aromatic carbocycles. The van der Waals surface area contributed by atoms with E-state index in [2.05, 4.69) is 32.9 Å². The van der Waals surface area contributed by atoms with Crippen LogP contribution in [0, 0.1) is 3.57 Å². The number of nitrogens with zero attached hydrogens (tertiary/aromatic N) is 1. The first-order valence-electron chi connectivity index (χ1n) is 6.09. The minimum absolute atomic E-state index is 0.250. The number of ether oxygens (including phenoxy) is 2. The number of rotatable bonds is 3. The molecule has 0 atom stereocenters. The SMILES string of the molecule is O=C(Nc1ccc(I)cc1Cl)c1cnc(C2OCCO2)s1. The van der Waals surface area contributed by atoms with Gasteiger partial charge in [0.2, 0.25) is 6.29 Å². The maximum atomic E-state index is 12.2. The first kappa shape index (κ1) is 15.2. The second kappa shape index (κ2) is 6.57. The van der Waals surface area contributed by atoms with Crippen LogP contribution in [0.1, 0.15) is 21.0 Å². The number of amides is 1. The second-order valence-electron chi connectivity index (χ2n) is 4.21. The Morgan fingerprint density at radius 3 is 2.90 bits per heavy atom. The highest BCUT2D eigenvalue weighted by Gasteiger charge is 2.23. The summed E-state index contributed by atoms with van der Waals surface area (Å²) in [6.07, 6.45) is 1.06. The van der Waals surface area contributed by atoms with Crippen molar-refractivity contribution in [1.82, 2.24) is 4.98 Å². The van der Waals surface area contributed by atoms with Crippen molar-refractivity contribution in [2.45, 2.75) is 6.29 Å². The summed E-state index contributed by atoms with van der Waals surface area (Å²) < 4.78 is 11.7. The van der Waals surface area contributed by atoms with Gasteiger partial charge in [-0.2, -0.15) is 0 Å². The summed E-state index contributed by atoms with van der Waals surface area (Å²) in [6, 6.07) is 5.43. The van der Waals surface area contributed by atoms with Crippen molar-refractivity contribution in [3.8, 4) is 0 Å². The molecule has 0 aliphatic carbocycles. The molecule has 21 heavy (non-hydrogen) atoms. The number of anilines is 1. The summed E-state index contributed by atoms with van der Waals surface area (Å²) in [5, 5.41) is 3.92. The first-order valence-corrected chi connectivity index (χ1v) is 8.36. The molecule has 1 fully saturated rings. The molecule has 5 nitrogen and oxygen atoms in total. The number of benzene rings is 1. The van der Waals surface area contributed by atoms with Gasteiger partial charge in [-0.3, -0.25) is 4.79 Å². The van der Waals surface area contributed by atoms with Crippen LogP contribution in [0.2, 0.25) is 5.02 Å². The number of hydrogen-bond acceptors (Lipinski definition) is 5. The van der Waals surface area contributed by atoms with E-state index in [1.165, 1.54) is 17.5 Å². The molecule has 2 aromatic rings. The van der Waals surface area contributed by atoms with E-state index in [0.29, 0.717) is 33.8 Å². The Morgan fingerprint density at radius 1 is 1.43 bits per heavy atom. The number of carbonyl (C=O) groups excluding carboxylic acids is 1. The lowest BCUT2D eigenvalue weighted by atomic mass is 10.3. The van der Waals surface area contributed by atoms with Crippen molar-refractivity contribution in [2.24, 2.45) is 0 Å². The maximum absolute atomic E-state index is 12.2. The molecule has 0 radical (unpaired) electrons. The zero-order valence-corrected chi connectivity index (χ0v) is 14.4. The fraction of sp³-hybridized carbons (Fsp3) is 0.231. The van der Waals surface area contributed by atoms with Crippen molar-refractivity contribution in [2.75, 3.05) is 18.5 Å². The lowest BCUT2D eigenvalue weighted by Crippen LogP contribution is -2.10. The van der Waals surface area contributed by atoms with Gasteiger partial charge in [-0.1, -0.05) is 11.6 Å². The predicted molar refractivity (Wildman–Crippen MR) is 88.9 cm³/mol. The van der Waals surface area contributed by atoms with E-state index in [4.69, 9.17) is 21.1 Å². The monoisotopic (exact) mass is 436 g/mol. The van der Waals surface area contributed by atoms with Gasteiger partial charge in [0.05, 0.1) is 30.1 Å². The van der Waals surface area contributed by atoms with Gasteiger partial charge in [0.1, 0.15) is 9.88 Å². The molecule has 0 spiro atoms. The largest absolute Gasteiger partial charge is 0.344 e. The fourth-order valence-electron chi connectivity index (χ4n) is 1.78. The third kappa shape index (κ3) is 3.54. The van der Waals surface area contributed by atoms with E-state index in [1.807, 2.05) is 6.07 Å². The average molecular weight is 437 g/mol. The van der Waals surface area contributed by atoms with Gasteiger partial charge in [0, 0.05) is 3.57 Å². The smallest absolute Gasteiger partial charge is 0.267 e. The Bertz CT molecular complexity index is 673. The molecule has 1 saturated heterocycles. The number of thiazole rings is 1. The molecule has 8 heteroatoms. The number of halogens is 2. The van der Waals surface area contributed by atoms with Crippen molar-refractivity contribution < 1.29 is 14.3 Å². The highest BCUT2D eigenvalue weighted by molar-refractivity contribution is 14.1. The quantitative estimate of drug-likeness (QED) is 0.746. The van der Waals surface area contributed by atoms with Gasteiger partial charge >= 0.3 is 0 Å². The minimum Gasteiger partial charge on any atom is -0.344 e. The summed E-state index contributed by atoms with van der Waals surface area (Å²) in [4.78, 5) is 16.9. The molecule has 1 aliphatic heterocycles. The van der Waals surface area contributed by atoms with Crippen molar-refractivity contribution in [3.63, 3.8) is 0 Å². The summed E-state index contributed by atoms with van der Waals surface area (Å²) in [5.41, 5.74) is 0.574. The standard InChI is InChI=1S/C13H10ClIN2O3S/c14-8-5-7(15)1-2-9(8)17-11(18)10-6-16-12(21-10)13-19-3-4-20-13/h1-2,5-6,13H,3-4H2,(H,17,18). The van der Waals surface area contributed by atoms with Gasteiger partial charge in [0.15, 0.2) is 0 Å². The molecule has 3 rings (SSSR count). The summed E-state index contributed by atoms with van der Waals surface area (Å²) in [5.74, 6) is -0.250.